The molecule has 2 aliphatic heterocycles. The lowest BCUT2D eigenvalue weighted by atomic mass is 10.0. The van der Waals surface area contributed by atoms with Gasteiger partial charge in [-0.25, -0.2) is 4.98 Å². The molecule has 2 aliphatic rings. The Balaban J connectivity index is 1.67. The van der Waals surface area contributed by atoms with E-state index in [0.29, 0.717) is 6.04 Å². The predicted molar refractivity (Wildman–Crippen MR) is 86.8 cm³/mol. The van der Waals surface area contributed by atoms with E-state index in [1.165, 1.54) is 0 Å². The molecule has 0 bridgehead atoms. The van der Waals surface area contributed by atoms with Crippen molar-refractivity contribution in [1.82, 2.24) is 25.1 Å². The summed E-state index contributed by atoms with van der Waals surface area (Å²) < 4.78 is 5.48. The van der Waals surface area contributed by atoms with Crippen molar-refractivity contribution in [3.05, 3.63) is 18.2 Å². The summed E-state index contributed by atoms with van der Waals surface area (Å²) in [6.45, 7) is 6.01. The summed E-state index contributed by atoms with van der Waals surface area (Å²) in [5, 5.41) is 2.82. The fourth-order valence-corrected chi connectivity index (χ4v) is 3.60. The quantitative estimate of drug-likeness (QED) is 0.821. The highest BCUT2D eigenvalue weighted by atomic mass is 16.5. The fraction of sp³-hybridized carbons (Fsp3) is 0.750. The van der Waals surface area contributed by atoms with Gasteiger partial charge in [-0.15, -0.1) is 0 Å². The molecule has 1 aromatic heterocycles. The Morgan fingerprint density at radius 1 is 1.39 bits per heavy atom. The standard InChI is InChI=1S/C16H27N5O2/c1-17-16(22)13-10-20(12-15-18-4-5-19-15)6-7-21(11-13)14-2-8-23-9-3-14/h4-5,13-14H,2-3,6-12H2,1H3,(H,17,22)(H,18,19). The van der Waals surface area contributed by atoms with Crippen LogP contribution in [0, 0.1) is 5.92 Å². The monoisotopic (exact) mass is 321 g/mol. The van der Waals surface area contributed by atoms with Crippen LogP contribution in [0.3, 0.4) is 0 Å². The minimum Gasteiger partial charge on any atom is -0.381 e. The van der Waals surface area contributed by atoms with Gasteiger partial charge in [0.2, 0.25) is 5.91 Å². The van der Waals surface area contributed by atoms with Crippen LogP contribution < -0.4 is 5.32 Å². The molecule has 0 aliphatic carbocycles. The number of rotatable bonds is 4. The lowest BCUT2D eigenvalue weighted by Gasteiger charge is -2.34. The van der Waals surface area contributed by atoms with E-state index in [9.17, 15) is 4.79 Å². The van der Waals surface area contributed by atoms with Crippen molar-refractivity contribution in [3.63, 3.8) is 0 Å². The summed E-state index contributed by atoms with van der Waals surface area (Å²) in [7, 11) is 1.73. The number of hydrogen-bond acceptors (Lipinski definition) is 5. The van der Waals surface area contributed by atoms with Crippen LogP contribution in [-0.2, 0) is 16.1 Å². The van der Waals surface area contributed by atoms with Crippen LogP contribution in [0.5, 0.6) is 0 Å². The molecule has 0 aromatic carbocycles. The maximum atomic E-state index is 12.3. The molecule has 128 valence electrons. The molecule has 0 saturated carbocycles. The van der Waals surface area contributed by atoms with Crippen molar-refractivity contribution in [3.8, 4) is 0 Å². The Bertz CT molecular complexity index is 487. The second kappa shape index (κ2) is 7.90. The Hall–Kier alpha value is -1.44. The largest absolute Gasteiger partial charge is 0.381 e. The van der Waals surface area contributed by atoms with Gasteiger partial charge in [-0.1, -0.05) is 0 Å². The van der Waals surface area contributed by atoms with Gasteiger partial charge in [-0.3, -0.25) is 14.6 Å². The van der Waals surface area contributed by atoms with Crippen molar-refractivity contribution >= 4 is 5.91 Å². The zero-order valence-electron chi connectivity index (χ0n) is 13.8. The first-order chi connectivity index (χ1) is 11.3. The molecule has 0 radical (unpaired) electrons. The number of ether oxygens (including phenoxy) is 1. The molecule has 0 spiro atoms. The molecule has 7 heteroatoms. The molecule has 1 unspecified atom stereocenters. The van der Waals surface area contributed by atoms with Crippen LogP contribution in [0.25, 0.3) is 0 Å². The number of hydrogen-bond donors (Lipinski definition) is 2. The second-order valence-electron chi connectivity index (χ2n) is 6.42. The third-order valence-electron chi connectivity index (χ3n) is 4.89. The Labute approximate surface area is 137 Å². The van der Waals surface area contributed by atoms with Crippen LogP contribution in [-0.4, -0.2) is 78.2 Å². The highest BCUT2D eigenvalue weighted by Crippen LogP contribution is 2.20. The molecule has 2 fully saturated rings. The van der Waals surface area contributed by atoms with Gasteiger partial charge in [0.15, 0.2) is 0 Å². The number of carbonyl (C=O) groups is 1. The van der Waals surface area contributed by atoms with Crippen molar-refractivity contribution in [2.45, 2.75) is 25.4 Å². The number of H-pyrrole nitrogens is 1. The third kappa shape index (κ3) is 4.31. The summed E-state index contributed by atoms with van der Waals surface area (Å²) >= 11 is 0. The lowest BCUT2D eigenvalue weighted by Crippen LogP contribution is -2.45. The van der Waals surface area contributed by atoms with Crippen molar-refractivity contribution in [2.24, 2.45) is 5.92 Å². The first-order valence-corrected chi connectivity index (χ1v) is 8.50. The van der Waals surface area contributed by atoms with Gasteiger partial charge in [0.1, 0.15) is 5.82 Å². The molecular formula is C16H27N5O2. The van der Waals surface area contributed by atoms with Crippen molar-refractivity contribution < 1.29 is 9.53 Å². The highest BCUT2D eigenvalue weighted by Gasteiger charge is 2.31. The third-order valence-corrected chi connectivity index (χ3v) is 4.89. The Morgan fingerprint density at radius 2 is 2.22 bits per heavy atom. The first kappa shape index (κ1) is 16.4. The second-order valence-corrected chi connectivity index (χ2v) is 6.42. The van der Waals surface area contributed by atoms with Crippen LogP contribution in [0.2, 0.25) is 0 Å². The van der Waals surface area contributed by atoms with E-state index in [-0.39, 0.29) is 11.8 Å². The van der Waals surface area contributed by atoms with E-state index >= 15 is 0 Å². The van der Waals surface area contributed by atoms with Crippen molar-refractivity contribution in [2.75, 3.05) is 46.4 Å². The average Bonchev–Trinajstić information content (AvgIpc) is 3.00. The number of amides is 1. The molecule has 1 aromatic rings. The molecule has 23 heavy (non-hydrogen) atoms. The van der Waals surface area contributed by atoms with Gasteiger partial charge in [-0.2, -0.15) is 0 Å². The van der Waals surface area contributed by atoms with Crippen molar-refractivity contribution in [1.29, 1.82) is 0 Å². The smallest absolute Gasteiger partial charge is 0.225 e. The summed E-state index contributed by atoms with van der Waals surface area (Å²) in [6.07, 6.45) is 5.76. The summed E-state index contributed by atoms with van der Waals surface area (Å²) in [5.74, 6) is 1.09. The Morgan fingerprint density at radius 3 is 2.91 bits per heavy atom. The van der Waals surface area contributed by atoms with Gasteiger partial charge in [-0.05, 0) is 12.8 Å². The molecule has 1 atom stereocenters. The molecule has 7 nitrogen and oxygen atoms in total. The number of imidazole rings is 1. The maximum Gasteiger partial charge on any atom is 0.225 e. The summed E-state index contributed by atoms with van der Waals surface area (Å²) in [4.78, 5) is 24.6. The summed E-state index contributed by atoms with van der Waals surface area (Å²) in [5.41, 5.74) is 0. The molecule has 3 rings (SSSR count). The van der Waals surface area contributed by atoms with E-state index in [0.717, 1.165) is 64.6 Å². The van der Waals surface area contributed by atoms with Crippen LogP contribution in [0.15, 0.2) is 12.4 Å². The van der Waals surface area contributed by atoms with Gasteiger partial charge in [0, 0.05) is 64.9 Å². The lowest BCUT2D eigenvalue weighted by molar-refractivity contribution is -0.125. The number of aromatic nitrogens is 2. The molecule has 3 heterocycles. The minimum absolute atomic E-state index is 0.000284. The SMILES string of the molecule is CNC(=O)C1CN(Cc2ncc[nH]2)CCN(C2CCOCC2)C1. The van der Waals surface area contributed by atoms with Gasteiger partial charge < -0.3 is 15.0 Å². The Kier molecular flexibility index (Phi) is 5.64. The van der Waals surface area contributed by atoms with Crippen LogP contribution >= 0.6 is 0 Å². The zero-order valence-corrected chi connectivity index (χ0v) is 13.8. The van der Waals surface area contributed by atoms with E-state index in [1.54, 1.807) is 13.2 Å². The molecule has 1 amide bonds. The average molecular weight is 321 g/mol. The van der Waals surface area contributed by atoms with Crippen LogP contribution in [0.4, 0.5) is 0 Å². The number of nitrogens with zero attached hydrogens (tertiary/aromatic N) is 3. The fourth-order valence-electron chi connectivity index (χ4n) is 3.60. The van der Waals surface area contributed by atoms with E-state index in [1.807, 2.05) is 6.20 Å². The number of aromatic amines is 1. The van der Waals surface area contributed by atoms with Gasteiger partial charge in [0.25, 0.3) is 0 Å². The summed E-state index contributed by atoms with van der Waals surface area (Å²) in [6, 6.07) is 0.541. The molecule has 2 N–H and O–H groups in total. The number of carbonyl (C=O) groups excluding carboxylic acids is 1. The van der Waals surface area contributed by atoms with E-state index < -0.39 is 0 Å². The molecule has 2 saturated heterocycles. The maximum absolute atomic E-state index is 12.3. The zero-order chi connectivity index (χ0) is 16.1. The van der Waals surface area contributed by atoms with E-state index in [4.69, 9.17) is 4.74 Å². The van der Waals surface area contributed by atoms with Gasteiger partial charge in [0.05, 0.1) is 12.5 Å². The van der Waals surface area contributed by atoms with Crippen LogP contribution in [0.1, 0.15) is 18.7 Å². The normalized spacial score (nSPS) is 25.2. The number of nitrogens with one attached hydrogen (secondary N) is 2. The topological polar surface area (TPSA) is 73.5 Å². The molecular weight excluding hydrogens is 294 g/mol. The van der Waals surface area contributed by atoms with E-state index in [2.05, 4.69) is 25.1 Å². The first-order valence-electron chi connectivity index (χ1n) is 8.50. The predicted octanol–water partition coefficient (Wildman–Crippen LogP) is 0.0685. The minimum atomic E-state index is 0.000284. The highest BCUT2D eigenvalue weighted by molar-refractivity contribution is 5.78. The van der Waals surface area contributed by atoms with Gasteiger partial charge >= 0.3 is 0 Å².